The van der Waals surface area contributed by atoms with Crippen LogP contribution in [0.4, 0.5) is 16.0 Å². The molecular formula is C17H19FN4O2. The highest BCUT2D eigenvalue weighted by Gasteiger charge is 2.18. The number of carbonyl (C=O) groups is 1. The molecule has 1 aliphatic rings. The van der Waals surface area contributed by atoms with Gasteiger partial charge in [-0.1, -0.05) is 12.1 Å². The highest BCUT2D eigenvalue weighted by Crippen LogP contribution is 2.20. The van der Waals surface area contributed by atoms with E-state index in [0.29, 0.717) is 5.82 Å². The first-order valence-corrected chi connectivity index (χ1v) is 7.92. The van der Waals surface area contributed by atoms with Crippen LogP contribution >= 0.6 is 0 Å². The molecule has 2 heterocycles. The number of rotatable bonds is 5. The lowest BCUT2D eigenvalue weighted by atomic mass is 10.3. The van der Waals surface area contributed by atoms with E-state index in [-0.39, 0.29) is 5.75 Å². The van der Waals surface area contributed by atoms with E-state index < -0.39 is 17.8 Å². The van der Waals surface area contributed by atoms with Crippen LogP contribution in [-0.4, -0.2) is 35.1 Å². The van der Waals surface area contributed by atoms with Crippen LogP contribution in [0.2, 0.25) is 0 Å². The molecule has 1 aliphatic heterocycles. The predicted octanol–water partition coefficient (Wildman–Crippen LogP) is 2.62. The summed E-state index contributed by atoms with van der Waals surface area (Å²) in [5.74, 6) is 0.335. The zero-order valence-electron chi connectivity index (χ0n) is 13.4. The number of hydrogen-bond donors (Lipinski definition) is 1. The van der Waals surface area contributed by atoms with Crippen molar-refractivity contribution in [2.24, 2.45) is 0 Å². The van der Waals surface area contributed by atoms with Gasteiger partial charge in [0.1, 0.15) is 18.0 Å². The number of para-hydroxylation sites is 1. The minimum absolute atomic E-state index is 0.0422. The number of nitrogens with zero attached hydrogens (tertiary/aromatic N) is 3. The minimum Gasteiger partial charge on any atom is -0.478 e. The average molecular weight is 330 g/mol. The first-order valence-electron chi connectivity index (χ1n) is 7.92. The summed E-state index contributed by atoms with van der Waals surface area (Å²) in [5, 5.41) is 2.68. The molecule has 1 N–H and O–H groups in total. The molecule has 0 spiro atoms. The maximum Gasteiger partial charge on any atom is 0.266 e. The van der Waals surface area contributed by atoms with Gasteiger partial charge in [-0.25, -0.2) is 14.4 Å². The van der Waals surface area contributed by atoms with Crippen molar-refractivity contribution in [3.8, 4) is 5.75 Å². The fraction of sp³-hybridized carbons (Fsp3) is 0.353. The maximum atomic E-state index is 13.6. The summed E-state index contributed by atoms with van der Waals surface area (Å²) >= 11 is 0. The van der Waals surface area contributed by atoms with Crippen molar-refractivity contribution in [2.45, 2.75) is 25.9 Å². The van der Waals surface area contributed by atoms with Crippen molar-refractivity contribution in [3.05, 3.63) is 42.5 Å². The Kier molecular flexibility index (Phi) is 4.88. The third-order valence-electron chi connectivity index (χ3n) is 3.84. The Morgan fingerprint density at radius 1 is 1.29 bits per heavy atom. The Morgan fingerprint density at radius 3 is 2.79 bits per heavy atom. The van der Waals surface area contributed by atoms with E-state index in [1.165, 1.54) is 18.5 Å². The van der Waals surface area contributed by atoms with Crippen molar-refractivity contribution in [1.82, 2.24) is 9.97 Å². The lowest BCUT2D eigenvalue weighted by molar-refractivity contribution is -0.122. The number of nitrogens with one attached hydrogen (secondary N) is 1. The van der Waals surface area contributed by atoms with Gasteiger partial charge in [-0.2, -0.15) is 0 Å². The minimum atomic E-state index is -0.855. The van der Waals surface area contributed by atoms with E-state index in [1.54, 1.807) is 25.1 Å². The lowest BCUT2D eigenvalue weighted by Crippen LogP contribution is -2.31. The van der Waals surface area contributed by atoms with Gasteiger partial charge in [-0.15, -0.1) is 0 Å². The number of hydrogen-bond acceptors (Lipinski definition) is 5. The van der Waals surface area contributed by atoms with Gasteiger partial charge in [-0.05, 0) is 31.9 Å². The second-order valence-electron chi connectivity index (χ2n) is 5.64. The van der Waals surface area contributed by atoms with Crippen molar-refractivity contribution in [1.29, 1.82) is 0 Å². The number of benzene rings is 1. The Bertz CT molecular complexity index is 719. The third kappa shape index (κ3) is 3.79. The second-order valence-corrected chi connectivity index (χ2v) is 5.64. The summed E-state index contributed by atoms with van der Waals surface area (Å²) in [7, 11) is 0. The fourth-order valence-electron chi connectivity index (χ4n) is 2.55. The number of amides is 1. The molecule has 1 aromatic carbocycles. The quantitative estimate of drug-likeness (QED) is 0.913. The Morgan fingerprint density at radius 2 is 2.04 bits per heavy atom. The second kappa shape index (κ2) is 7.25. The molecule has 1 amide bonds. The van der Waals surface area contributed by atoms with Crippen molar-refractivity contribution in [2.75, 3.05) is 23.3 Å². The van der Waals surface area contributed by atoms with E-state index >= 15 is 0 Å². The predicted molar refractivity (Wildman–Crippen MR) is 88.6 cm³/mol. The summed E-state index contributed by atoms with van der Waals surface area (Å²) in [5.41, 5.74) is 0. The topological polar surface area (TPSA) is 67.3 Å². The van der Waals surface area contributed by atoms with Crippen LogP contribution in [0.3, 0.4) is 0 Å². The van der Waals surface area contributed by atoms with Crippen LogP contribution in [0.5, 0.6) is 5.75 Å². The van der Waals surface area contributed by atoms with E-state index in [2.05, 4.69) is 20.2 Å². The first-order chi connectivity index (χ1) is 11.6. The van der Waals surface area contributed by atoms with Gasteiger partial charge in [-0.3, -0.25) is 4.79 Å². The SMILES string of the molecule is CC(Oc1ccccc1F)C(=O)Nc1cc(N2CCCC2)ncn1. The Labute approximate surface area is 139 Å². The summed E-state index contributed by atoms with van der Waals surface area (Å²) in [6.07, 6.45) is 2.84. The van der Waals surface area contributed by atoms with Crippen LogP contribution in [0.1, 0.15) is 19.8 Å². The van der Waals surface area contributed by atoms with E-state index in [0.717, 1.165) is 31.7 Å². The standard InChI is InChI=1S/C17H19FN4O2/c1-12(24-14-7-3-2-6-13(14)18)17(23)21-15-10-16(20-11-19-15)22-8-4-5-9-22/h2-3,6-7,10-12H,4-5,8-9H2,1H3,(H,19,20,21,23). The number of ether oxygens (including phenoxy) is 1. The van der Waals surface area contributed by atoms with Crippen molar-refractivity contribution in [3.63, 3.8) is 0 Å². The summed E-state index contributed by atoms with van der Waals surface area (Å²) in [6, 6.07) is 7.71. The molecule has 3 rings (SSSR count). The summed E-state index contributed by atoms with van der Waals surface area (Å²) in [6.45, 7) is 3.47. The molecule has 2 aromatic rings. The van der Waals surface area contributed by atoms with E-state index in [1.807, 2.05) is 0 Å². The number of halogens is 1. The molecule has 1 unspecified atom stereocenters. The van der Waals surface area contributed by atoms with Crippen LogP contribution in [0, 0.1) is 5.82 Å². The molecule has 0 saturated carbocycles. The van der Waals surface area contributed by atoms with Crippen LogP contribution in [-0.2, 0) is 4.79 Å². The smallest absolute Gasteiger partial charge is 0.266 e. The van der Waals surface area contributed by atoms with Crippen molar-refractivity contribution < 1.29 is 13.9 Å². The van der Waals surface area contributed by atoms with Crippen LogP contribution in [0.15, 0.2) is 36.7 Å². The Balaban J connectivity index is 1.63. The van der Waals surface area contributed by atoms with Gasteiger partial charge >= 0.3 is 0 Å². The normalized spacial score (nSPS) is 15.2. The first kappa shape index (κ1) is 16.2. The van der Waals surface area contributed by atoms with Gasteiger partial charge < -0.3 is 15.0 Å². The Hall–Kier alpha value is -2.70. The number of anilines is 2. The van der Waals surface area contributed by atoms with Gasteiger partial charge in [0.2, 0.25) is 0 Å². The molecule has 1 atom stereocenters. The monoisotopic (exact) mass is 330 g/mol. The molecule has 7 heteroatoms. The highest BCUT2D eigenvalue weighted by molar-refractivity contribution is 5.93. The number of carbonyl (C=O) groups excluding carboxylic acids is 1. The van der Waals surface area contributed by atoms with Gasteiger partial charge in [0.05, 0.1) is 0 Å². The van der Waals surface area contributed by atoms with Crippen LogP contribution < -0.4 is 15.0 Å². The molecule has 1 saturated heterocycles. The zero-order chi connectivity index (χ0) is 16.9. The molecule has 0 aliphatic carbocycles. The molecule has 126 valence electrons. The third-order valence-corrected chi connectivity index (χ3v) is 3.84. The van der Waals surface area contributed by atoms with Crippen molar-refractivity contribution >= 4 is 17.5 Å². The molecule has 1 fully saturated rings. The van der Waals surface area contributed by atoms with E-state index in [9.17, 15) is 9.18 Å². The van der Waals surface area contributed by atoms with Gasteiger partial charge in [0.25, 0.3) is 5.91 Å². The maximum absolute atomic E-state index is 13.6. The number of aromatic nitrogens is 2. The summed E-state index contributed by atoms with van der Waals surface area (Å²) in [4.78, 5) is 22.7. The van der Waals surface area contributed by atoms with Gasteiger partial charge in [0, 0.05) is 19.2 Å². The fourth-order valence-corrected chi connectivity index (χ4v) is 2.55. The van der Waals surface area contributed by atoms with E-state index in [4.69, 9.17) is 4.74 Å². The molecular weight excluding hydrogens is 311 g/mol. The molecule has 6 nitrogen and oxygen atoms in total. The van der Waals surface area contributed by atoms with Crippen LogP contribution in [0.25, 0.3) is 0 Å². The largest absolute Gasteiger partial charge is 0.478 e. The lowest BCUT2D eigenvalue weighted by Gasteiger charge is -2.17. The molecule has 0 radical (unpaired) electrons. The molecule has 1 aromatic heterocycles. The zero-order valence-corrected chi connectivity index (χ0v) is 13.4. The summed E-state index contributed by atoms with van der Waals surface area (Å²) < 4.78 is 19.0. The molecule has 0 bridgehead atoms. The molecule has 24 heavy (non-hydrogen) atoms. The average Bonchev–Trinajstić information content (AvgIpc) is 3.12. The highest BCUT2D eigenvalue weighted by atomic mass is 19.1. The van der Waals surface area contributed by atoms with Gasteiger partial charge in [0.15, 0.2) is 17.7 Å².